The van der Waals surface area contributed by atoms with Crippen molar-refractivity contribution in [2.75, 3.05) is 52.5 Å². The molecule has 0 bridgehead atoms. The molecule has 1 heterocycles. The molecule has 1 atom stereocenters. The summed E-state index contributed by atoms with van der Waals surface area (Å²) in [5.41, 5.74) is 2.16. The summed E-state index contributed by atoms with van der Waals surface area (Å²) >= 11 is 0. The van der Waals surface area contributed by atoms with Crippen LogP contribution in [0, 0.1) is 18.7 Å². The van der Waals surface area contributed by atoms with Gasteiger partial charge in [0, 0.05) is 39.3 Å². The van der Waals surface area contributed by atoms with E-state index < -0.39 is 0 Å². The Kier molecular flexibility index (Phi) is 8.85. The molecule has 5 nitrogen and oxygen atoms in total. The molecule has 1 aliphatic rings. The summed E-state index contributed by atoms with van der Waals surface area (Å²) in [5.74, 6) is 1.17. The maximum atomic E-state index is 13.2. The number of halogens is 1. The van der Waals surface area contributed by atoms with E-state index in [2.05, 4.69) is 29.4 Å². The van der Waals surface area contributed by atoms with Crippen molar-refractivity contribution in [3.05, 3.63) is 35.1 Å². The van der Waals surface area contributed by atoms with Crippen LogP contribution >= 0.6 is 0 Å². The predicted molar refractivity (Wildman–Crippen MR) is 105 cm³/mol. The van der Waals surface area contributed by atoms with Gasteiger partial charge in [-0.05, 0) is 49.4 Å². The highest BCUT2D eigenvalue weighted by Gasteiger charge is 2.13. The lowest BCUT2D eigenvalue weighted by Crippen LogP contribution is -2.40. The van der Waals surface area contributed by atoms with Gasteiger partial charge in [-0.25, -0.2) is 4.39 Å². The minimum absolute atomic E-state index is 0.177. The first-order chi connectivity index (χ1) is 12.6. The normalized spacial score (nSPS) is 17.2. The molecule has 0 aromatic heterocycles. The third-order valence-electron chi connectivity index (χ3n) is 4.57. The monoisotopic (exact) mass is 364 g/mol. The van der Waals surface area contributed by atoms with Crippen molar-refractivity contribution in [3.63, 3.8) is 0 Å². The zero-order valence-electron chi connectivity index (χ0n) is 16.4. The zero-order valence-corrected chi connectivity index (χ0v) is 16.4. The Labute approximate surface area is 157 Å². The fourth-order valence-corrected chi connectivity index (χ4v) is 3.13. The maximum absolute atomic E-state index is 13.2. The van der Waals surface area contributed by atoms with Crippen LogP contribution in [-0.2, 0) is 11.2 Å². The van der Waals surface area contributed by atoms with E-state index in [0.29, 0.717) is 5.92 Å². The van der Waals surface area contributed by atoms with Crippen molar-refractivity contribution in [1.82, 2.24) is 15.5 Å². The van der Waals surface area contributed by atoms with E-state index in [1.165, 1.54) is 6.07 Å². The first-order valence-corrected chi connectivity index (χ1v) is 9.65. The Hall–Kier alpha value is -1.66. The highest BCUT2D eigenvalue weighted by molar-refractivity contribution is 5.79. The Morgan fingerprint density at radius 3 is 2.77 bits per heavy atom. The van der Waals surface area contributed by atoms with Gasteiger partial charge in [-0.2, -0.15) is 0 Å². The van der Waals surface area contributed by atoms with Crippen molar-refractivity contribution in [3.8, 4) is 0 Å². The molecule has 26 heavy (non-hydrogen) atoms. The van der Waals surface area contributed by atoms with E-state index in [0.717, 1.165) is 76.0 Å². The molecular weight excluding hydrogens is 331 g/mol. The fourth-order valence-electron chi connectivity index (χ4n) is 3.13. The summed E-state index contributed by atoms with van der Waals surface area (Å²) in [7, 11) is 0. The molecule has 1 unspecified atom stereocenters. The highest BCUT2D eigenvalue weighted by Crippen LogP contribution is 2.10. The molecule has 0 aliphatic carbocycles. The van der Waals surface area contributed by atoms with Gasteiger partial charge in [0.15, 0.2) is 5.96 Å². The van der Waals surface area contributed by atoms with Gasteiger partial charge in [-0.15, -0.1) is 0 Å². The van der Waals surface area contributed by atoms with E-state index in [4.69, 9.17) is 9.73 Å². The lowest BCUT2D eigenvalue weighted by atomic mass is 10.1. The number of nitrogens with one attached hydrogen (secondary N) is 2. The minimum Gasteiger partial charge on any atom is -0.379 e. The third kappa shape index (κ3) is 7.30. The summed E-state index contributed by atoms with van der Waals surface area (Å²) in [4.78, 5) is 7.17. The van der Waals surface area contributed by atoms with Crippen molar-refractivity contribution in [1.29, 1.82) is 0 Å². The van der Waals surface area contributed by atoms with Crippen LogP contribution in [0.4, 0.5) is 4.39 Å². The topological polar surface area (TPSA) is 48.9 Å². The lowest BCUT2D eigenvalue weighted by Gasteiger charge is -2.28. The third-order valence-corrected chi connectivity index (χ3v) is 4.57. The van der Waals surface area contributed by atoms with Gasteiger partial charge < -0.3 is 15.4 Å². The van der Waals surface area contributed by atoms with Crippen LogP contribution < -0.4 is 10.6 Å². The molecule has 0 saturated carbocycles. The predicted octanol–water partition coefficient (Wildman–Crippen LogP) is 2.20. The van der Waals surface area contributed by atoms with E-state index in [9.17, 15) is 4.39 Å². The molecule has 1 aromatic rings. The molecule has 1 aromatic carbocycles. The molecule has 1 saturated heterocycles. The molecule has 1 aliphatic heterocycles. The standard InChI is InChI=1S/C20H33FN4O/c1-4-22-20(23-8-7-18-5-6-19(21)13-17(18)3)24-14-16(2)15-25-9-11-26-12-10-25/h5-6,13,16H,4,7-12,14-15H2,1-3H3,(H2,22,23,24). The van der Waals surface area contributed by atoms with Gasteiger partial charge in [-0.3, -0.25) is 9.89 Å². The molecule has 0 radical (unpaired) electrons. The Bertz CT molecular complexity index is 573. The number of ether oxygens (including phenoxy) is 1. The van der Waals surface area contributed by atoms with Gasteiger partial charge in [-0.1, -0.05) is 13.0 Å². The average molecular weight is 365 g/mol. The summed E-state index contributed by atoms with van der Waals surface area (Å²) in [6.07, 6.45) is 0.847. The van der Waals surface area contributed by atoms with E-state index >= 15 is 0 Å². The first kappa shape index (κ1) is 20.6. The van der Waals surface area contributed by atoms with Crippen LogP contribution in [0.2, 0.25) is 0 Å². The summed E-state index contributed by atoms with van der Waals surface area (Å²) < 4.78 is 18.6. The maximum Gasteiger partial charge on any atom is 0.191 e. The van der Waals surface area contributed by atoms with Gasteiger partial charge in [0.2, 0.25) is 0 Å². The number of rotatable bonds is 8. The number of benzene rings is 1. The van der Waals surface area contributed by atoms with E-state index in [1.807, 2.05) is 13.0 Å². The van der Waals surface area contributed by atoms with E-state index in [1.54, 1.807) is 6.07 Å². The van der Waals surface area contributed by atoms with Crippen molar-refractivity contribution >= 4 is 5.96 Å². The summed E-state index contributed by atoms with van der Waals surface area (Å²) in [6.45, 7) is 13.4. The Balaban J connectivity index is 1.77. The van der Waals surface area contributed by atoms with Crippen LogP contribution in [-0.4, -0.2) is 63.3 Å². The lowest BCUT2D eigenvalue weighted by molar-refractivity contribution is 0.0323. The van der Waals surface area contributed by atoms with Crippen molar-refractivity contribution in [2.24, 2.45) is 10.9 Å². The zero-order chi connectivity index (χ0) is 18.8. The Morgan fingerprint density at radius 1 is 1.31 bits per heavy atom. The molecular formula is C20H33FN4O. The van der Waals surface area contributed by atoms with Crippen molar-refractivity contribution < 1.29 is 9.13 Å². The Morgan fingerprint density at radius 2 is 2.08 bits per heavy atom. The molecule has 1 fully saturated rings. The first-order valence-electron chi connectivity index (χ1n) is 9.65. The number of aliphatic imine (C=N–C) groups is 1. The van der Waals surface area contributed by atoms with Gasteiger partial charge in [0.25, 0.3) is 0 Å². The molecule has 0 spiro atoms. The second-order valence-electron chi connectivity index (χ2n) is 6.99. The second kappa shape index (κ2) is 11.1. The smallest absolute Gasteiger partial charge is 0.191 e. The van der Waals surface area contributed by atoms with E-state index in [-0.39, 0.29) is 5.82 Å². The number of aryl methyl sites for hydroxylation is 1. The minimum atomic E-state index is -0.177. The largest absolute Gasteiger partial charge is 0.379 e. The molecule has 0 amide bonds. The molecule has 2 rings (SSSR count). The van der Waals surface area contributed by atoms with Crippen LogP contribution in [0.3, 0.4) is 0 Å². The second-order valence-corrected chi connectivity index (χ2v) is 6.99. The summed E-state index contributed by atoms with van der Waals surface area (Å²) in [6, 6.07) is 4.97. The highest BCUT2D eigenvalue weighted by atomic mass is 19.1. The van der Waals surface area contributed by atoms with Crippen LogP contribution in [0.25, 0.3) is 0 Å². The average Bonchev–Trinajstić information content (AvgIpc) is 2.62. The molecule has 6 heteroatoms. The van der Waals surface area contributed by atoms with Crippen LogP contribution in [0.5, 0.6) is 0 Å². The fraction of sp³-hybridized carbons (Fsp3) is 0.650. The molecule has 146 valence electrons. The number of hydrogen-bond donors (Lipinski definition) is 2. The number of guanidine groups is 1. The number of hydrogen-bond acceptors (Lipinski definition) is 3. The molecule has 2 N–H and O–H groups in total. The van der Waals surface area contributed by atoms with Crippen molar-refractivity contribution in [2.45, 2.75) is 27.2 Å². The van der Waals surface area contributed by atoms with Gasteiger partial charge >= 0.3 is 0 Å². The quantitative estimate of drug-likeness (QED) is 0.548. The number of nitrogens with zero attached hydrogens (tertiary/aromatic N) is 2. The summed E-state index contributed by atoms with van der Waals surface area (Å²) in [5, 5.41) is 6.68. The SMILES string of the molecule is CCNC(=NCC(C)CN1CCOCC1)NCCc1ccc(F)cc1C. The number of morpholine rings is 1. The van der Waals surface area contributed by atoms with Gasteiger partial charge in [0.05, 0.1) is 13.2 Å². The van der Waals surface area contributed by atoms with Crippen LogP contribution in [0.1, 0.15) is 25.0 Å². The van der Waals surface area contributed by atoms with Gasteiger partial charge in [0.1, 0.15) is 5.82 Å². The van der Waals surface area contributed by atoms with Crippen LogP contribution in [0.15, 0.2) is 23.2 Å².